The molecule has 1 fully saturated rings. The fourth-order valence-corrected chi connectivity index (χ4v) is 6.25. The van der Waals surface area contributed by atoms with E-state index < -0.39 is 12.0 Å². The summed E-state index contributed by atoms with van der Waals surface area (Å²) >= 11 is 0. The van der Waals surface area contributed by atoms with Gasteiger partial charge in [0.05, 0.1) is 31.9 Å². The topological polar surface area (TPSA) is 62.3 Å². The van der Waals surface area contributed by atoms with Crippen LogP contribution in [0.5, 0.6) is 11.5 Å². The summed E-state index contributed by atoms with van der Waals surface area (Å²) in [5.41, 5.74) is 3.86. The van der Waals surface area contributed by atoms with Gasteiger partial charge in [-0.05, 0) is 59.2 Å². The van der Waals surface area contributed by atoms with Crippen molar-refractivity contribution in [3.05, 3.63) is 125 Å². The minimum Gasteiger partial charge on any atom is -0.497 e. The number of para-hydroxylation sites is 2. The number of ether oxygens (including phenoxy) is 2. The van der Waals surface area contributed by atoms with Gasteiger partial charge in [0.15, 0.2) is 0 Å². The molecule has 0 aliphatic carbocycles. The number of carbonyl (C=O) groups is 2. The number of halogens is 1. The Morgan fingerprint density at radius 2 is 1.49 bits per heavy atom. The Morgan fingerprint density at radius 1 is 0.814 bits per heavy atom. The van der Waals surface area contributed by atoms with Crippen molar-refractivity contribution in [1.29, 1.82) is 0 Å². The molecule has 6 rings (SSSR count). The summed E-state index contributed by atoms with van der Waals surface area (Å²) in [7, 11) is 3.27. The predicted octanol–water partition coefficient (Wildman–Crippen LogP) is 5.67. The van der Waals surface area contributed by atoms with E-state index in [1.165, 1.54) is 12.1 Å². The van der Waals surface area contributed by atoms with Crippen LogP contribution in [0.4, 0.5) is 10.1 Å². The highest BCUT2D eigenvalue weighted by Gasteiger charge is 2.45. The molecule has 2 atom stereocenters. The lowest BCUT2D eigenvalue weighted by Crippen LogP contribution is -2.53. The molecule has 0 radical (unpaired) electrons. The van der Waals surface area contributed by atoms with Crippen molar-refractivity contribution in [1.82, 2.24) is 9.80 Å². The maximum Gasteiger partial charge on any atom is 0.255 e. The zero-order valence-corrected chi connectivity index (χ0v) is 24.3. The normalized spacial score (nSPS) is 18.3. The van der Waals surface area contributed by atoms with Crippen LogP contribution >= 0.6 is 0 Å². The number of methoxy groups -OCH3 is 2. The highest BCUT2D eigenvalue weighted by molar-refractivity contribution is 6.01. The Labute approximate surface area is 251 Å². The molecule has 0 saturated carbocycles. The lowest BCUT2D eigenvalue weighted by Gasteiger charge is -2.45. The van der Waals surface area contributed by atoms with Crippen molar-refractivity contribution >= 4 is 17.5 Å². The summed E-state index contributed by atoms with van der Waals surface area (Å²) in [5.74, 6) is 0.340. The molecule has 2 heterocycles. The van der Waals surface area contributed by atoms with Gasteiger partial charge in [-0.15, -0.1) is 0 Å². The molecular weight excluding hydrogens is 545 g/mol. The molecule has 2 aliphatic heterocycles. The van der Waals surface area contributed by atoms with E-state index in [1.54, 1.807) is 37.3 Å². The van der Waals surface area contributed by atoms with Gasteiger partial charge in [-0.2, -0.15) is 0 Å². The maximum absolute atomic E-state index is 14.6. The summed E-state index contributed by atoms with van der Waals surface area (Å²) in [4.78, 5) is 34.6. The van der Waals surface area contributed by atoms with E-state index >= 15 is 0 Å². The van der Waals surface area contributed by atoms with E-state index in [-0.39, 0.29) is 24.2 Å². The largest absolute Gasteiger partial charge is 0.497 e. The first-order chi connectivity index (χ1) is 21.0. The quantitative estimate of drug-likeness (QED) is 0.282. The average Bonchev–Trinajstić information content (AvgIpc) is 3.06. The average molecular weight is 580 g/mol. The number of hydrogen-bond donors (Lipinski definition) is 0. The molecule has 7 nitrogen and oxygen atoms in total. The van der Waals surface area contributed by atoms with Crippen molar-refractivity contribution in [2.75, 3.05) is 45.3 Å². The Kier molecular flexibility index (Phi) is 8.01. The molecule has 43 heavy (non-hydrogen) atoms. The predicted molar refractivity (Wildman–Crippen MR) is 163 cm³/mol. The van der Waals surface area contributed by atoms with Crippen molar-refractivity contribution < 1.29 is 23.5 Å². The first-order valence-electron chi connectivity index (χ1n) is 14.4. The van der Waals surface area contributed by atoms with Crippen molar-refractivity contribution in [2.45, 2.75) is 18.5 Å². The van der Waals surface area contributed by atoms with Gasteiger partial charge in [0.2, 0.25) is 5.91 Å². The van der Waals surface area contributed by atoms with Gasteiger partial charge >= 0.3 is 0 Å². The molecular formula is C35H34FN3O4. The highest BCUT2D eigenvalue weighted by Crippen LogP contribution is 2.45. The first-order valence-corrected chi connectivity index (χ1v) is 14.4. The van der Waals surface area contributed by atoms with Crippen LogP contribution in [0.2, 0.25) is 0 Å². The molecule has 2 amide bonds. The minimum absolute atomic E-state index is 0.0236. The minimum atomic E-state index is -0.624. The third-order valence-electron chi connectivity index (χ3n) is 8.45. The second kappa shape index (κ2) is 12.2. The van der Waals surface area contributed by atoms with Crippen LogP contribution in [0.1, 0.15) is 39.0 Å². The summed E-state index contributed by atoms with van der Waals surface area (Å²) < 4.78 is 24.7. The Bertz CT molecular complexity index is 1600. The smallest absolute Gasteiger partial charge is 0.255 e. The molecule has 0 aromatic heterocycles. The third-order valence-corrected chi connectivity index (χ3v) is 8.45. The van der Waals surface area contributed by atoms with Crippen LogP contribution in [0.15, 0.2) is 97.1 Å². The van der Waals surface area contributed by atoms with E-state index in [4.69, 9.17) is 9.47 Å². The highest BCUT2D eigenvalue weighted by atomic mass is 19.1. The van der Waals surface area contributed by atoms with Crippen LogP contribution in [0, 0.1) is 5.82 Å². The lowest BCUT2D eigenvalue weighted by atomic mass is 9.78. The van der Waals surface area contributed by atoms with Crippen LogP contribution in [0.25, 0.3) is 0 Å². The second-order valence-electron chi connectivity index (χ2n) is 10.8. The van der Waals surface area contributed by atoms with Crippen molar-refractivity contribution in [3.8, 4) is 11.5 Å². The van der Waals surface area contributed by atoms with Crippen molar-refractivity contribution in [2.24, 2.45) is 0 Å². The standard InChI is InChI=1S/C35H34FN3O4/c1-42-27-17-13-25(14-18-27)33-32(35(41)38-21-19-37(20-22-38)30-9-5-6-10-31(30)43-2)28-7-3-4-8-29(28)34(40)39(33)23-24-11-15-26(36)16-12-24/h3-18,32-33H,19-23H2,1-2H3/t32-,33-/m1/s1. The van der Waals surface area contributed by atoms with Gasteiger partial charge in [-0.25, -0.2) is 4.39 Å². The van der Waals surface area contributed by atoms with Gasteiger partial charge in [0.1, 0.15) is 17.3 Å². The first kappa shape index (κ1) is 28.3. The van der Waals surface area contributed by atoms with E-state index in [1.807, 2.05) is 71.6 Å². The zero-order chi connectivity index (χ0) is 29.9. The summed E-state index contributed by atoms with van der Waals surface area (Å²) in [5, 5.41) is 0. The summed E-state index contributed by atoms with van der Waals surface area (Å²) in [6.45, 7) is 2.63. The number of nitrogens with zero attached hydrogens (tertiary/aromatic N) is 3. The monoisotopic (exact) mass is 579 g/mol. The number of benzene rings is 4. The van der Waals surface area contributed by atoms with Crippen LogP contribution < -0.4 is 14.4 Å². The molecule has 220 valence electrons. The Morgan fingerprint density at radius 3 is 2.19 bits per heavy atom. The molecule has 8 heteroatoms. The second-order valence-corrected chi connectivity index (χ2v) is 10.8. The zero-order valence-electron chi connectivity index (χ0n) is 24.3. The number of fused-ring (bicyclic) bond motifs is 1. The van der Waals surface area contributed by atoms with Crippen molar-refractivity contribution in [3.63, 3.8) is 0 Å². The molecule has 4 aromatic carbocycles. The summed E-state index contributed by atoms with van der Waals surface area (Å²) in [6.07, 6.45) is 0. The van der Waals surface area contributed by atoms with E-state index in [9.17, 15) is 14.0 Å². The van der Waals surface area contributed by atoms with Gasteiger partial charge in [0, 0.05) is 38.3 Å². The Balaban J connectivity index is 1.37. The van der Waals surface area contributed by atoms with Gasteiger partial charge in [-0.1, -0.05) is 54.6 Å². The number of rotatable bonds is 7. The molecule has 0 unspecified atom stereocenters. The molecule has 4 aromatic rings. The molecule has 0 spiro atoms. The van der Waals surface area contributed by atoms with Crippen LogP contribution in [-0.4, -0.2) is 62.0 Å². The number of hydrogen-bond acceptors (Lipinski definition) is 5. The number of amides is 2. The lowest BCUT2D eigenvalue weighted by molar-refractivity contribution is -0.135. The third kappa shape index (κ3) is 5.52. The number of anilines is 1. The van der Waals surface area contributed by atoms with Crippen LogP contribution in [0.3, 0.4) is 0 Å². The molecule has 0 N–H and O–H groups in total. The SMILES string of the molecule is COc1ccc([C@@H]2[C@H](C(=O)N3CCN(c4ccccc4OC)CC3)c3ccccc3C(=O)N2Cc2ccc(F)cc2)cc1. The molecule has 1 saturated heterocycles. The number of piperazine rings is 1. The van der Waals surface area contributed by atoms with Gasteiger partial charge in [-0.3, -0.25) is 9.59 Å². The Hall–Kier alpha value is -4.85. The van der Waals surface area contributed by atoms with Crippen LogP contribution in [-0.2, 0) is 11.3 Å². The van der Waals surface area contributed by atoms with Gasteiger partial charge < -0.3 is 24.2 Å². The molecule has 2 aliphatic rings. The van der Waals surface area contributed by atoms with E-state index in [0.717, 1.165) is 28.1 Å². The van der Waals surface area contributed by atoms with E-state index in [2.05, 4.69) is 4.90 Å². The fourth-order valence-electron chi connectivity index (χ4n) is 6.25. The van der Waals surface area contributed by atoms with Gasteiger partial charge in [0.25, 0.3) is 5.91 Å². The summed E-state index contributed by atoms with van der Waals surface area (Å²) in [6, 6.07) is 28.4. The van der Waals surface area contributed by atoms with E-state index in [0.29, 0.717) is 37.5 Å². The fraction of sp³-hybridized carbons (Fsp3) is 0.257. The maximum atomic E-state index is 14.6. The number of carbonyl (C=O) groups excluding carboxylic acids is 2. The molecule has 0 bridgehead atoms.